The summed E-state index contributed by atoms with van der Waals surface area (Å²) in [5.41, 5.74) is 2.93. The zero-order chi connectivity index (χ0) is 13.0. The van der Waals surface area contributed by atoms with E-state index in [0.717, 1.165) is 0 Å². The van der Waals surface area contributed by atoms with Crippen LogP contribution in [0.2, 0.25) is 10.0 Å². The number of hydrazone groups is 1. The molecule has 0 saturated carbocycles. The van der Waals surface area contributed by atoms with E-state index in [1.807, 2.05) is 0 Å². The van der Waals surface area contributed by atoms with Crippen molar-refractivity contribution in [3.05, 3.63) is 58.0 Å². The first-order valence-corrected chi connectivity index (χ1v) is 5.75. The summed E-state index contributed by atoms with van der Waals surface area (Å²) in [5.74, 6) is -0.251. The molecule has 18 heavy (non-hydrogen) atoms. The van der Waals surface area contributed by atoms with E-state index in [1.54, 1.807) is 24.3 Å². The molecule has 0 aliphatic carbocycles. The lowest BCUT2D eigenvalue weighted by atomic mass is 10.2. The van der Waals surface area contributed by atoms with Crippen LogP contribution in [-0.4, -0.2) is 12.1 Å². The summed E-state index contributed by atoms with van der Waals surface area (Å²) in [6, 6.07) is 8.30. The number of furan rings is 1. The number of hydrogen-bond acceptors (Lipinski definition) is 3. The normalized spacial score (nSPS) is 10.8. The molecule has 0 unspecified atom stereocenters. The summed E-state index contributed by atoms with van der Waals surface area (Å²) in [4.78, 5) is 11.5. The first-order chi connectivity index (χ1) is 8.68. The van der Waals surface area contributed by atoms with Gasteiger partial charge in [0.1, 0.15) is 0 Å². The van der Waals surface area contributed by atoms with E-state index in [9.17, 15) is 4.79 Å². The molecule has 1 amide bonds. The Morgan fingerprint density at radius 3 is 2.83 bits per heavy atom. The number of amides is 1. The topological polar surface area (TPSA) is 54.6 Å². The fourth-order valence-electron chi connectivity index (χ4n) is 1.24. The smallest absolute Gasteiger partial charge is 0.307 e. The highest BCUT2D eigenvalue weighted by Crippen LogP contribution is 2.24. The highest BCUT2D eigenvalue weighted by Gasteiger charge is 2.06. The van der Waals surface area contributed by atoms with E-state index >= 15 is 0 Å². The molecule has 0 atom stereocenters. The Morgan fingerprint density at radius 1 is 1.28 bits per heavy atom. The van der Waals surface area contributed by atoms with E-state index in [-0.39, 0.29) is 5.76 Å². The zero-order valence-corrected chi connectivity index (χ0v) is 10.6. The van der Waals surface area contributed by atoms with Gasteiger partial charge in [0, 0.05) is 5.56 Å². The molecule has 0 radical (unpaired) electrons. The zero-order valence-electron chi connectivity index (χ0n) is 9.06. The van der Waals surface area contributed by atoms with Gasteiger partial charge < -0.3 is 4.42 Å². The Labute approximate surface area is 113 Å². The number of carbonyl (C=O) groups excluding carboxylic acids is 1. The second-order valence-electron chi connectivity index (χ2n) is 3.32. The van der Waals surface area contributed by atoms with Gasteiger partial charge in [-0.05, 0) is 18.2 Å². The standard InChI is InChI=1S/C12H8Cl2N2O2/c13-9-4-1-3-8(11(9)14)7-15-16-12(17)10-5-2-6-18-10/h1-7H,(H,16,17)/b15-7-. The molecule has 0 saturated heterocycles. The van der Waals surface area contributed by atoms with Gasteiger partial charge in [0.15, 0.2) is 5.76 Å². The van der Waals surface area contributed by atoms with Crippen molar-refractivity contribution in [1.82, 2.24) is 5.43 Å². The molecule has 6 heteroatoms. The molecule has 0 aliphatic heterocycles. The van der Waals surface area contributed by atoms with Crippen LogP contribution >= 0.6 is 23.2 Å². The number of carbonyl (C=O) groups is 1. The van der Waals surface area contributed by atoms with E-state index < -0.39 is 5.91 Å². The van der Waals surface area contributed by atoms with Crippen molar-refractivity contribution < 1.29 is 9.21 Å². The van der Waals surface area contributed by atoms with Crippen molar-refractivity contribution in [3.8, 4) is 0 Å². The van der Waals surface area contributed by atoms with Crippen LogP contribution in [0.1, 0.15) is 16.1 Å². The monoisotopic (exact) mass is 282 g/mol. The molecule has 1 heterocycles. The predicted molar refractivity (Wildman–Crippen MR) is 70.2 cm³/mol. The summed E-state index contributed by atoms with van der Waals surface area (Å²) in [6.45, 7) is 0. The SMILES string of the molecule is O=C(N/N=C\c1cccc(Cl)c1Cl)c1ccco1. The minimum Gasteiger partial charge on any atom is -0.459 e. The summed E-state index contributed by atoms with van der Waals surface area (Å²) in [5, 5.41) is 4.58. The van der Waals surface area contributed by atoms with Gasteiger partial charge in [-0.1, -0.05) is 35.3 Å². The Hall–Kier alpha value is -1.78. The first kappa shape index (κ1) is 12.7. The molecule has 1 aromatic heterocycles. The summed E-state index contributed by atoms with van der Waals surface area (Å²) in [6.07, 6.45) is 2.82. The largest absolute Gasteiger partial charge is 0.459 e. The summed E-state index contributed by atoms with van der Waals surface area (Å²) < 4.78 is 4.91. The Bertz CT molecular complexity index is 580. The second kappa shape index (κ2) is 5.71. The lowest BCUT2D eigenvalue weighted by molar-refractivity contribution is 0.0927. The van der Waals surface area contributed by atoms with E-state index in [4.69, 9.17) is 27.6 Å². The molecule has 0 spiro atoms. The van der Waals surface area contributed by atoms with Crippen molar-refractivity contribution in [2.45, 2.75) is 0 Å². The average molecular weight is 283 g/mol. The molecule has 2 rings (SSSR count). The van der Waals surface area contributed by atoms with Crippen LogP contribution in [-0.2, 0) is 0 Å². The number of hydrogen-bond donors (Lipinski definition) is 1. The van der Waals surface area contributed by atoms with Crippen LogP contribution in [0.3, 0.4) is 0 Å². The maximum absolute atomic E-state index is 11.5. The third-order valence-corrected chi connectivity index (χ3v) is 2.93. The van der Waals surface area contributed by atoms with Crippen molar-refractivity contribution in [2.75, 3.05) is 0 Å². The van der Waals surface area contributed by atoms with Crippen LogP contribution < -0.4 is 5.43 Å². The summed E-state index contributed by atoms with van der Waals surface area (Å²) >= 11 is 11.8. The van der Waals surface area contributed by atoms with Gasteiger partial charge in [-0.15, -0.1) is 0 Å². The van der Waals surface area contributed by atoms with Crippen molar-refractivity contribution in [3.63, 3.8) is 0 Å². The van der Waals surface area contributed by atoms with E-state index in [1.165, 1.54) is 18.5 Å². The quantitative estimate of drug-likeness (QED) is 0.693. The summed E-state index contributed by atoms with van der Waals surface area (Å²) in [7, 11) is 0. The Balaban J connectivity index is 2.04. The molecule has 0 bridgehead atoms. The molecular formula is C12H8Cl2N2O2. The van der Waals surface area contributed by atoms with Crippen molar-refractivity contribution in [1.29, 1.82) is 0 Å². The van der Waals surface area contributed by atoms with Gasteiger partial charge in [-0.2, -0.15) is 5.10 Å². The maximum Gasteiger partial charge on any atom is 0.307 e. The van der Waals surface area contributed by atoms with Crippen LogP contribution in [0.5, 0.6) is 0 Å². The minimum atomic E-state index is -0.436. The van der Waals surface area contributed by atoms with Crippen molar-refractivity contribution >= 4 is 35.3 Å². The van der Waals surface area contributed by atoms with Crippen LogP contribution in [0, 0.1) is 0 Å². The Morgan fingerprint density at radius 2 is 2.11 bits per heavy atom. The molecule has 1 N–H and O–H groups in total. The first-order valence-electron chi connectivity index (χ1n) is 4.99. The lowest BCUT2D eigenvalue weighted by Gasteiger charge is -1.99. The number of halogens is 2. The van der Waals surface area contributed by atoms with Crippen LogP contribution in [0.25, 0.3) is 0 Å². The van der Waals surface area contributed by atoms with Crippen LogP contribution in [0.15, 0.2) is 46.1 Å². The predicted octanol–water partition coefficient (Wildman–Crippen LogP) is 3.35. The van der Waals surface area contributed by atoms with Gasteiger partial charge in [0.25, 0.3) is 0 Å². The molecule has 0 fully saturated rings. The number of nitrogens with zero attached hydrogens (tertiary/aromatic N) is 1. The van der Waals surface area contributed by atoms with Gasteiger partial charge in [0.2, 0.25) is 0 Å². The lowest BCUT2D eigenvalue weighted by Crippen LogP contribution is -2.16. The average Bonchev–Trinajstić information content (AvgIpc) is 2.88. The van der Waals surface area contributed by atoms with Crippen molar-refractivity contribution in [2.24, 2.45) is 5.10 Å². The number of nitrogens with one attached hydrogen (secondary N) is 1. The van der Waals surface area contributed by atoms with E-state index in [0.29, 0.717) is 15.6 Å². The molecule has 1 aromatic carbocycles. The molecule has 2 aromatic rings. The fourth-order valence-corrected chi connectivity index (χ4v) is 1.60. The molecule has 92 valence electrons. The number of benzene rings is 1. The highest BCUT2D eigenvalue weighted by molar-refractivity contribution is 6.43. The van der Waals surface area contributed by atoms with Gasteiger partial charge in [-0.3, -0.25) is 4.79 Å². The number of rotatable bonds is 3. The third-order valence-electron chi connectivity index (χ3n) is 2.10. The molecule has 4 nitrogen and oxygen atoms in total. The molecular weight excluding hydrogens is 275 g/mol. The van der Waals surface area contributed by atoms with Gasteiger partial charge in [-0.25, -0.2) is 5.43 Å². The van der Waals surface area contributed by atoms with Crippen LogP contribution in [0.4, 0.5) is 0 Å². The third kappa shape index (κ3) is 2.91. The second-order valence-corrected chi connectivity index (χ2v) is 4.10. The highest BCUT2D eigenvalue weighted by atomic mass is 35.5. The Kier molecular flexibility index (Phi) is 4.02. The maximum atomic E-state index is 11.5. The fraction of sp³-hybridized carbons (Fsp3) is 0. The molecule has 0 aliphatic rings. The minimum absolute atomic E-state index is 0.185. The van der Waals surface area contributed by atoms with Gasteiger partial charge >= 0.3 is 5.91 Å². The van der Waals surface area contributed by atoms with E-state index in [2.05, 4.69) is 10.5 Å². The van der Waals surface area contributed by atoms with Gasteiger partial charge in [0.05, 0.1) is 22.5 Å².